The maximum atomic E-state index is 10.3. The molecule has 2 aliphatic heterocycles. The Bertz CT molecular complexity index is 464. The molecule has 2 heterocycles. The molecule has 0 spiro atoms. The highest BCUT2D eigenvalue weighted by Crippen LogP contribution is 2.59. The quantitative estimate of drug-likeness (QED) is 0.528. The normalized spacial score (nSPS) is 26.9. The molecule has 1 atom stereocenters. The van der Waals surface area contributed by atoms with E-state index in [9.17, 15) is 14.2 Å². The van der Waals surface area contributed by atoms with E-state index in [0.29, 0.717) is 24.6 Å². The van der Waals surface area contributed by atoms with Crippen molar-refractivity contribution in [2.45, 2.75) is 12.8 Å². The first-order valence-corrected chi connectivity index (χ1v) is 9.54. The molecule has 0 aromatic heterocycles. The summed E-state index contributed by atoms with van der Waals surface area (Å²) in [5.74, 6) is 0.898. The molecule has 3 N–H and O–H groups in total. The molecule has 0 aromatic rings. The zero-order chi connectivity index (χ0) is 14.8. The van der Waals surface area contributed by atoms with Crippen molar-refractivity contribution in [3.63, 3.8) is 0 Å². The number of aliphatic hydroxyl groups excluding tert-OH is 1. The molecule has 5 nitrogen and oxygen atoms in total. The fraction of sp³-hybridized carbons (Fsp3) is 0.500. The number of allylic oxidation sites excluding steroid dienone is 2. The van der Waals surface area contributed by atoms with E-state index in [1.165, 1.54) is 10.4 Å². The van der Waals surface area contributed by atoms with Crippen molar-refractivity contribution in [3.8, 4) is 0 Å². The average molecular weight is 341 g/mol. The number of halogens is 1. The Balaban J connectivity index is 2.30. The highest BCUT2D eigenvalue weighted by Gasteiger charge is 2.43. The molecule has 0 fully saturated rings. The van der Waals surface area contributed by atoms with Crippen LogP contribution < -0.4 is 0 Å². The van der Waals surface area contributed by atoms with Gasteiger partial charge in [-0.1, -0.05) is 22.4 Å². The van der Waals surface area contributed by atoms with Gasteiger partial charge < -0.3 is 9.84 Å². The third-order valence-corrected chi connectivity index (χ3v) is 7.58. The summed E-state index contributed by atoms with van der Waals surface area (Å²) in [5.41, 5.74) is 0. The van der Waals surface area contributed by atoms with Crippen molar-refractivity contribution >= 4 is 33.3 Å². The summed E-state index contributed by atoms with van der Waals surface area (Å²) >= 11 is 5.90. The average Bonchev–Trinajstić information content (AvgIpc) is 2.89. The monoisotopic (exact) mass is 340 g/mol. The summed E-state index contributed by atoms with van der Waals surface area (Å²) in [6, 6.07) is 0. The van der Waals surface area contributed by atoms with Crippen LogP contribution in [0.25, 0.3) is 0 Å². The Morgan fingerprint density at radius 3 is 2.85 bits per heavy atom. The summed E-state index contributed by atoms with van der Waals surface area (Å²) in [5, 5.41) is 12.7. The van der Waals surface area contributed by atoms with Crippen molar-refractivity contribution in [1.29, 1.82) is 0 Å². The Labute approximate surface area is 128 Å². The minimum Gasteiger partial charge on any atom is -0.502 e. The molecule has 8 heteroatoms. The molecular weight excluding hydrogens is 322 g/mol. The zero-order valence-electron chi connectivity index (χ0n) is 11.2. The van der Waals surface area contributed by atoms with Crippen LogP contribution in [0.4, 0.5) is 0 Å². The summed E-state index contributed by atoms with van der Waals surface area (Å²) in [6.07, 6.45) is 4.84. The predicted octanol–water partition coefficient (Wildman–Crippen LogP) is 3.35. The van der Waals surface area contributed by atoms with Crippen LogP contribution in [0.5, 0.6) is 0 Å². The number of aliphatic hydroxyl groups is 1. The number of ether oxygens (including phenoxy) is 1. The molecule has 20 heavy (non-hydrogen) atoms. The van der Waals surface area contributed by atoms with Gasteiger partial charge in [0.05, 0.1) is 10.9 Å². The number of hydrogen-bond acceptors (Lipinski definition) is 5. The van der Waals surface area contributed by atoms with Gasteiger partial charge in [-0.05, 0) is 12.5 Å². The van der Waals surface area contributed by atoms with Crippen LogP contribution in [0.1, 0.15) is 12.8 Å². The second-order valence-corrected chi connectivity index (χ2v) is 8.87. The maximum absolute atomic E-state index is 10.3. The second kappa shape index (κ2) is 6.64. The van der Waals surface area contributed by atoms with Crippen molar-refractivity contribution in [2.75, 3.05) is 26.0 Å². The summed E-state index contributed by atoms with van der Waals surface area (Å²) < 4.78 is 26.9. The van der Waals surface area contributed by atoms with E-state index in [1.807, 2.05) is 11.5 Å². The fourth-order valence-electron chi connectivity index (χ4n) is 2.05. The van der Waals surface area contributed by atoms with Gasteiger partial charge in [0.2, 0.25) is 0 Å². The van der Waals surface area contributed by atoms with E-state index in [-0.39, 0.29) is 21.0 Å². The number of nitrogens with zero attached hydrogens (tertiary/aromatic N) is 1. The zero-order valence-corrected chi connectivity index (χ0v) is 13.5. The molecule has 1 unspecified atom stereocenters. The van der Waals surface area contributed by atoms with Gasteiger partial charge in [0.1, 0.15) is 15.5 Å². The van der Waals surface area contributed by atoms with E-state index in [4.69, 9.17) is 16.3 Å². The molecule has 0 amide bonds. The topological polar surface area (TPSA) is 73.2 Å². The lowest BCUT2D eigenvalue weighted by Gasteiger charge is -2.44. The molecule has 2 aliphatic rings. The number of methoxy groups -OCH3 is 1. The maximum Gasteiger partial charge on any atom is 0.289 e. The molecule has 0 aromatic carbocycles. The van der Waals surface area contributed by atoms with Gasteiger partial charge in [0.15, 0.2) is 5.76 Å². The van der Waals surface area contributed by atoms with Gasteiger partial charge >= 0.3 is 0 Å². The van der Waals surface area contributed by atoms with Crippen LogP contribution >= 0.6 is 22.4 Å². The van der Waals surface area contributed by atoms with Gasteiger partial charge in [-0.25, -0.2) is 4.31 Å². The largest absolute Gasteiger partial charge is 0.502 e. The van der Waals surface area contributed by atoms with Gasteiger partial charge in [0.25, 0.3) is 5.03 Å². The van der Waals surface area contributed by atoms with E-state index in [1.54, 1.807) is 7.11 Å². The van der Waals surface area contributed by atoms with E-state index in [0.717, 1.165) is 12.2 Å². The predicted molar refractivity (Wildman–Crippen MR) is 85.6 cm³/mol. The lowest BCUT2D eigenvalue weighted by atomic mass is 10.4. The van der Waals surface area contributed by atoms with E-state index < -0.39 is 10.8 Å². The van der Waals surface area contributed by atoms with Crippen molar-refractivity contribution in [1.82, 2.24) is 4.31 Å². The lowest BCUT2D eigenvalue weighted by Crippen LogP contribution is -2.35. The molecule has 114 valence electrons. The Hall–Kier alpha value is -0.310. The van der Waals surface area contributed by atoms with Crippen molar-refractivity contribution < 1.29 is 18.9 Å². The van der Waals surface area contributed by atoms with Crippen molar-refractivity contribution in [2.24, 2.45) is 0 Å². The first-order chi connectivity index (χ1) is 9.48. The van der Waals surface area contributed by atoms with Crippen LogP contribution in [0.15, 0.2) is 32.7 Å². The second-order valence-electron chi connectivity index (χ2n) is 4.40. The molecule has 0 saturated heterocycles. The first kappa shape index (κ1) is 16.1. The minimum absolute atomic E-state index is 0.0218. The Morgan fingerprint density at radius 1 is 1.50 bits per heavy atom. The summed E-state index contributed by atoms with van der Waals surface area (Å²) in [7, 11) is -1.96. The summed E-state index contributed by atoms with van der Waals surface area (Å²) in [4.78, 5) is 0. The lowest BCUT2D eigenvalue weighted by molar-refractivity contribution is 0.189. The smallest absolute Gasteiger partial charge is 0.289 e. The molecule has 0 saturated carbocycles. The van der Waals surface area contributed by atoms with Crippen molar-refractivity contribution in [3.05, 3.63) is 32.7 Å². The van der Waals surface area contributed by atoms with Crippen LogP contribution in [0, 0.1) is 0 Å². The molecular formula is C12H19ClNO4S2+. The third kappa shape index (κ3) is 3.13. The Kier molecular flexibility index (Phi) is 5.33. The van der Waals surface area contributed by atoms with Gasteiger partial charge in [-0.3, -0.25) is 9.11 Å². The van der Waals surface area contributed by atoms with Gasteiger partial charge in [0, 0.05) is 32.8 Å². The highest BCUT2D eigenvalue weighted by molar-refractivity contribution is 8.27. The molecule has 2 rings (SSSR count). The van der Waals surface area contributed by atoms with Gasteiger partial charge in [-0.15, -0.1) is 0 Å². The van der Waals surface area contributed by atoms with Gasteiger partial charge in [-0.2, -0.15) is 0 Å². The van der Waals surface area contributed by atoms with E-state index in [2.05, 4.69) is 0 Å². The molecule has 0 bridgehead atoms. The fourth-order valence-corrected chi connectivity index (χ4v) is 6.09. The highest BCUT2D eigenvalue weighted by atomic mass is 35.5. The number of hydrogen-bond donors (Lipinski definition) is 3. The molecule has 0 radical (unpaired) electrons. The minimum atomic E-state index is -3.24. The van der Waals surface area contributed by atoms with Crippen LogP contribution in [-0.4, -0.2) is 44.5 Å². The first-order valence-electron chi connectivity index (χ1n) is 6.20. The SMILES string of the molecule is COCCCN1C([S+]2C=CCC2)=C(O)C=C(Cl)S1(O)O. The Morgan fingerprint density at radius 2 is 2.25 bits per heavy atom. The van der Waals surface area contributed by atoms with E-state index >= 15 is 0 Å². The third-order valence-electron chi connectivity index (χ3n) is 2.99. The number of rotatable bonds is 5. The van der Waals surface area contributed by atoms with Crippen LogP contribution in [0.3, 0.4) is 0 Å². The standard InChI is InChI=1S/C12H18ClNO4S2/c1-18-6-4-5-14-12(19-7-2-3-8-19)10(15)9-11(13)20(14,16)17/h2,7,9H,3-6,8H2,1H3,(H2-,15,16,17)/p+1. The summed E-state index contributed by atoms with van der Waals surface area (Å²) in [6.45, 7) is 0.877. The van der Waals surface area contributed by atoms with Crippen LogP contribution in [-0.2, 0) is 15.6 Å². The molecule has 0 aliphatic carbocycles. The van der Waals surface area contributed by atoms with Crippen LogP contribution in [0.2, 0.25) is 0 Å².